The van der Waals surface area contributed by atoms with E-state index in [2.05, 4.69) is 5.32 Å². The number of nitrogens with zero attached hydrogens (tertiary/aromatic N) is 1. The van der Waals surface area contributed by atoms with Crippen molar-refractivity contribution in [2.75, 3.05) is 13.1 Å². The molecule has 0 aliphatic carbocycles. The molecule has 1 rings (SSSR count). The van der Waals surface area contributed by atoms with Crippen LogP contribution in [0.1, 0.15) is 27.2 Å². The highest BCUT2D eigenvalue weighted by atomic mass is 16.6. The molecule has 7 nitrogen and oxygen atoms in total. The molecule has 0 aromatic carbocycles. The summed E-state index contributed by atoms with van der Waals surface area (Å²) in [5.74, 6) is -1.40. The van der Waals surface area contributed by atoms with Crippen LogP contribution in [0.4, 0.5) is 4.79 Å². The number of carbonyl (C=O) groups excluding carboxylic acids is 2. The number of piperazine rings is 1. The van der Waals surface area contributed by atoms with Crippen LogP contribution >= 0.6 is 0 Å². The molecule has 0 saturated carbocycles. The van der Waals surface area contributed by atoms with Crippen LogP contribution in [-0.4, -0.2) is 52.7 Å². The van der Waals surface area contributed by atoms with Crippen molar-refractivity contribution in [1.29, 1.82) is 0 Å². The van der Waals surface area contributed by atoms with Crippen LogP contribution in [0.2, 0.25) is 0 Å². The molecule has 0 unspecified atom stereocenters. The van der Waals surface area contributed by atoms with Gasteiger partial charge in [-0.05, 0) is 20.8 Å². The molecule has 1 fully saturated rings. The number of ether oxygens (including phenoxy) is 1. The second kappa shape index (κ2) is 5.24. The fraction of sp³-hybridized carbons (Fsp3) is 0.727. The summed E-state index contributed by atoms with van der Waals surface area (Å²) in [6.07, 6.45) is -0.821. The molecule has 1 saturated heterocycles. The van der Waals surface area contributed by atoms with Gasteiger partial charge in [0, 0.05) is 6.54 Å². The third kappa shape index (κ3) is 4.60. The standard InChI is InChI=1S/C11H18N2O5/c1-11(2,3)18-10(17)13-5-7(4-9(15)16)12-8(14)6-13/h7H,4-6H2,1-3H3,(H,12,14)(H,15,16)/t7-/m0/s1. The third-order valence-corrected chi connectivity index (χ3v) is 2.21. The number of rotatable bonds is 2. The third-order valence-electron chi connectivity index (χ3n) is 2.21. The Bertz CT molecular complexity index is 359. The lowest BCUT2D eigenvalue weighted by molar-refractivity contribution is -0.138. The van der Waals surface area contributed by atoms with E-state index in [9.17, 15) is 14.4 Å². The molecule has 0 spiro atoms. The van der Waals surface area contributed by atoms with E-state index >= 15 is 0 Å². The van der Waals surface area contributed by atoms with E-state index < -0.39 is 23.7 Å². The minimum absolute atomic E-state index is 0.106. The highest BCUT2D eigenvalue weighted by molar-refractivity contribution is 5.84. The van der Waals surface area contributed by atoms with Gasteiger partial charge in [0.05, 0.1) is 12.5 Å². The Labute approximate surface area is 105 Å². The van der Waals surface area contributed by atoms with E-state index in [0.29, 0.717) is 0 Å². The summed E-state index contributed by atoms with van der Waals surface area (Å²) in [7, 11) is 0. The quantitative estimate of drug-likeness (QED) is 0.737. The second-order valence-corrected chi connectivity index (χ2v) is 5.22. The van der Waals surface area contributed by atoms with E-state index in [1.165, 1.54) is 4.90 Å². The van der Waals surface area contributed by atoms with Gasteiger partial charge in [-0.25, -0.2) is 4.79 Å². The van der Waals surface area contributed by atoms with Gasteiger partial charge in [-0.15, -0.1) is 0 Å². The van der Waals surface area contributed by atoms with Gasteiger partial charge in [0.1, 0.15) is 12.1 Å². The van der Waals surface area contributed by atoms with Crippen molar-refractivity contribution >= 4 is 18.0 Å². The lowest BCUT2D eigenvalue weighted by Gasteiger charge is -2.33. The van der Waals surface area contributed by atoms with Crippen LogP contribution in [0.25, 0.3) is 0 Å². The molecular formula is C11H18N2O5. The Hall–Kier alpha value is -1.79. The van der Waals surface area contributed by atoms with Gasteiger partial charge in [0.25, 0.3) is 0 Å². The summed E-state index contributed by atoms with van der Waals surface area (Å²) >= 11 is 0. The highest BCUT2D eigenvalue weighted by Crippen LogP contribution is 2.12. The van der Waals surface area contributed by atoms with Crippen LogP contribution in [0.3, 0.4) is 0 Å². The molecule has 18 heavy (non-hydrogen) atoms. The number of nitrogens with one attached hydrogen (secondary N) is 1. The van der Waals surface area contributed by atoms with Crippen LogP contribution < -0.4 is 5.32 Å². The summed E-state index contributed by atoms with van der Waals surface area (Å²) in [4.78, 5) is 35.0. The van der Waals surface area contributed by atoms with E-state index in [1.807, 2.05) is 0 Å². The first-order valence-corrected chi connectivity index (χ1v) is 5.66. The minimum Gasteiger partial charge on any atom is -0.481 e. The lowest BCUT2D eigenvalue weighted by atomic mass is 10.1. The average Bonchev–Trinajstić information content (AvgIpc) is 2.12. The predicted molar refractivity (Wildman–Crippen MR) is 62.0 cm³/mol. The number of carboxylic acids is 1. The topological polar surface area (TPSA) is 95.9 Å². The van der Waals surface area contributed by atoms with E-state index in [1.54, 1.807) is 20.8 Å². The van der Waals surface area contributed by atoms with Crippen molar-refractivity contribution in [3.05, 3.63) is 0 Å². The van der Waals surface area contributed by atoms with Crippen LogP contribution in [0, 0.1) is 0 Å². The first kappa shape index (κ1) is 14.3. The Morgan fingerprint density at radius 2 is 2.11 bits per heavy atom. The molecule has 102 valence electrons. The maximum absolute atomic E-state index is 11.8. The van der Waals surface area contributed by atoms with Gasteiger partial charge in [-0.2, -0.15) is 0 Å². The minimum atomic E-state index is -1.02. The molecule has 0 bridgehead atoms. The fourth-order valence-corrected chi connectivity index (χ4v) is 1.61. The van der Waals surface area contributed by atoms with Gasteiger partial charge in [-0.1, -0.05) is 0 Å². The van der Waals surface area contributed by atoms with Crippen LogP contribution in [0.15, 0.2) is 0 Å². The molecule has 1 aliphatic rings. The molecule has 7 heteroatoms. The van der Waals surface area contributed by atoms with Crippen molar-refractivity contribution in [2.24, 2.45) is 0 Å². The van der Waals surface area contributed by atoms with Gasteiger partial charge in [0.2, 0.25) is 5.91 Å². The first-order valence-electron chi connectivity index (χ1n) is 5.66. The summed E-state index contributed by atoms with van der Waals surface area (Å²) in [6.45, 7) is 5.22. The second-order valence-electron chi connectivity index (χ2n) is 5.22. The number of hydrogen-bond acceptors (Lipinski definition) is 4. The predicted octanol–water partition coefficient (Wildman–Crippen LogP) is 0.197. The number of aliphatic carboxylic acids is 1. The average molecular weight is 258 g/mol. The smallest absolute Gasteiger partial charge is 0.410 e. The number of carboxylic acid groups (broad SMARTS) is 1. The molecule has 1 aliphatic heterocycles. The summed E-state index contributed by atoms with van der Waals surface area (Å²) < 4.78 is 5.14. The van der Waals surface area contributed by atoms with Crippen LogP contribution in [0.5, 0.6) is 0 Å². The Morgan fingerprint density at radius 3 is 2.61 bits per heavy atom. The van der Waals surface area contributed by atoms with Gasteiger partial charge < -0.3 is 15.2 Å². The largest absolute Gasteiger partial charge is 0.481 e. The van der Waals surface area contributed by atoms with Gasteiger partial charge >= 0.3 is 12.1 Å². The summed E-state index contributed by atoms with van der Waals surface area (Å²) in [5, 5.41) is 11.2. The Morgan fingerprint density at radius 1 is 1.50 bits per heavy atom. The number of carbonyl (C=O) groups is 3. The van der Waals surface area contributed by atoms with Crippen molar-refractivity contribution in [3.8, 4) is 0 Å². The monoisotopic (exact) mass is 258 g/mol. The number of hydrogen-bond donors (Lipinski definition) is 2. The molecule has 2 N–H and O–H groups in total. The zero-order chi connectivity index (χ0) is 13.9. The molecule has 0 radical (unpaired) electrons. The maximum Gasteiger partial charge on any atom is 0.410 e. The molecule has 2 amide bonds. The normalized spacial score (nSPS) is 20.3. The van der Waals surface area contributed by atoms with Crippen molar-refractivity contribution in [1.82, 2.24) is 10.2 Å². The van der Waals surface area contributed by atoms with E-state index in [-0.39, 0.29) is 25.4 Å². The highest BCUT2D eigenvalue weighted by Gasteiger charge is 2.31. The van der Waals surface area contributed by atoms with E-state index in [0.717, 1.165) is 0 Å². The SMILES string of the molecule is CC(C)(C)OC(=O)N1CC(=O)N[C@@H](CC(=O)O)C1. The van der Waals surface area contributed by atoms with Crippen molar-refractivity contribution in [3.63, 3.8) is 0 Å². The molecule has 0 aromatic rings. The maximum atomic E-state index is 11.8. The summed E-state index contributed by atoms with van der Waals surface area (Å²) in [5.41, 5.74) is -0.646. The zero-order valence-electron chi connectivity index (χ0n) is 10.7. The first-order chi connectivity index (χ1) is 8.17. The fourth-order valence-electron chi connectivity index (χ4n) is 1.61. The molecule has 1 heterocycles. The lowest BCUT2D eigenvalue weighted by Crippen LogP contribution is -2.57. The molecular weight excluding hydrogens is 240 g/mol. The zero-order valence-corrected chi connectivity index (χ0v) is 10.7. The molecule has 1 atom stereocenters. The van der Waals surface area contributed by atoms with Gasteiger partial charge in [0.15, 0.2) is 0 Å². The summed E-state index contributed by atoms with van der Waals surface area (Å²) in [6, 6.07) is -0.573. The molecule has 0 aromatic heterocycles. The van der Waals surface area contributed by atoms with Crippen molar-refractivity contribution in [2.45, 2.75) is 38.8 Å². The van der Waals surface area contributed by atoms with Crippen molar-refractivity contribution < 1.29 is 24.2 Å². The van der Waals surface area contributed by atoms with Gasteiger partial charge in [-0.3, -0.25) is 14.5 Å². The van der Waals surface area contributed by atoms with E-state index in [4.69, 9.17) is 9.84 Å². The van der Waals surface area contributed by atoms with Crippen LogP contribution in [-0.2, 0) is 14.3 Å². The Kier molecular flexibility index (Phi) is 4.15. The number of amides is 2. The Balaban J connectivity index is 2.63.